The van der Waals surface area contributed by atoms with Crippen LogP contribution in [0.15, 0.2) is 48.8 Å². The second-order valence-electron chi connectivity index (χ2n) is 7.45. The van der Waals surface area contributed by atoms with Crippen LogP contribution in [0.3, 0.4) is 0 Å². The number of nitrogens with zero attached hydrogens (tertiary/aromatic N) is 5. The van der Waals surface area contributed by atoms with Gasteiger partial charge >= 0.3 is 0 Å². The topological polar surface area (TPSA) is 85.2 Å². The minimum absolute atomic E-state index is 0.0678. The van der Waals surface area contributed by atoms with E-state index in [0.29, 0.717) is 13.1 Å². The Bertz CT molecular complexity index is 1000. The number of hydrogen-bond donors (Lipinski definition) is 1. The zero-order valence-electron chi connectivity index (χ0n) is 17.3. The fraction of sp³-hybridized carbons (Fsp3) is 0.364. The van der Waals surface area contributed by atoms with Gasteiger partial charge in [-0.3, -0.25) is 9.36 Å². The number of methoxy groups -OCH3 is 1. The highest BCUT2D eigenvalue weighted by molar-refractivity contribution is 5.79. The van der Waals surface area contributed by atoms with Crippen molar-refractivity contribution in [3.8, 4) is 11.6 Å². The molecule has 1 atom stereocenters. The van der Waals surface area contributed by atoms with Gasteiger partial charge < -0.3 is 15.0 Å². The molecule has 0 spiro atoms. The number of ether oxygens (including phenoxy) is 1. The second kappa shape index (κ2) is 8.94. The molecule has 1 N–H and O–H groups in total. The van der Waals surface area contributed by atoms with Crippen LogP contribution in [0.4, 0.5) is 5.82 Å². The number of carbonyl (C=O) groups is 1. The Morgan fingerprint density at radius 3 is 2.80 bits per heavy atom. The van der Waals surface area contributed by atoms with Crippen LogP contribution in [0.25, 0.3) is 5.82 Å². The number of hydrogen-bond acceptors (Lipinski definition) is 6. The van der Waals surface area contributed by atoms with Gasteiger partial charge in [-0.25, -0.2) is 4.98 Å². The van der Waals surface area contributed by atoms with Crippen LogP contribution in [-0.4, -0.2) is 45.9 Å². The first-order chi connectivity index (χ1) is 14.6. The molecule has 3 heterocycles. The molecule has 2 aromatic heterocycles. The molecule has 156 valence electrons. The third kappa shape index (κ3) is 4.42. The second-order valence-corrected chi connectivity index (χ2v) is 7.45. The summed E-state index contributed by atoms with van der Waals surface area (Å²) in [6.45, 7) is 3.93. The van der Waals surface area contributed by atoms with Crippen LogP contribution in [0, 0.1) is 12.8 Å². The molecule has 0 aliphatic carbocycles. The Labute approximate surface area is 175 Å². The molecule has 0 saturated carbocycles. The predicted molar refractivity (Wildman–Crippen MR) is 114 cm³/mol. The monoisotopic (exact) mass is 406 g/mol. The number of aryl methyl sites for hydroxylation is 1. The third-order valence-electron chi connectivity index (χ3n) is 5.43. The highest BCUT2D eigenvalue weighted by Crippen LogP contribution is 2.22. The molecule has 1 amide bonds. The van der Waals surface area contributed by atoms with Gasteiger partial charge in [-0.05, 0) is 49.6 Å². The number of benzene rings is 1. The summed E-state index contributed by atoms with van der Waals surface area (Å²) in [5, 5.41) is 11.8. The number of imidazole rings is 1. The van der Waals surface area contributed by atoms with Gasteiger partial charge in [0.25, 0.3) is 0 Å². The average Bonchev–Trinajstić information content (AvgIpc) is 3.23. The van der Waals surface area contributed by atoms with E-state index in [9.17, 15) is 4.79 Å². The largest absolute Gasteiger partial charge is 0.497 e. The van der Waals surface area contributed by atoms with Crippen LogP contribution in [0.2, 0.25) is 0 Å². The first kappa shape index (κ1) is 19.9. The van der Waals surface area contributed by atoms with Gasteiger partial charge in [0.05, 0.1) is 13.0 Å². The Morgan fingerprint density at radius 1 is 1.23 bits per heavy atom. The van der Waals surface area contributed by atoms with Crippen molar-refractivity contribution in [1.29, 1.82) is 0 Å². The summed E-state index contributed by atoms with van der Waals surface area (Å²) in [7, 11) is 1.64. The summed E-state index contributed by atoms with van der Waals surface area (Å²) in [5.41, 5.74) is 1.02. The zero-order chi connectivity index (χ0) is 20.9. The van der Waals surface area contributed by atoms with E-state index in [1.54, 1.807) is 13.3 Å². The average molecular weight is 406 g/mol. The maximum atomic E-state index is 12.7. The smallest absolute Gasteiger partial charge is 0.225 e. The van der Waals surface area contributed by atoms with Gasteiger partial charge in [-0.2, -0.15) is 0 Å². The summed E-state index contributed by atoms with van der Waals surface area (Å²) >= 11 is 0. The summed E-state index contributed by atoms with van der Waals surface area (Å²) in [5.74, 6) is 3.18. The van der Waals surface area contributed by atoms with E-state index in [1.165, 1.54) is 0 Å². The van der Waals surface area contributed by atoms with Crippen molar-refractivity contribution >= 4 is 11.7 Å². The lowest BCUT2D eigenvalue weighted by atomic mass is 9.97. The highest BCUT2D eigenvalue weighted by atomic mass is 16.5. The number of carbonyl (C=O) groups excluding carboxylic acids is 1. The molecule has 3 aromatic rings. The number of nitrogens with one attached hydrogen (secondary N) is 1. The van der Waals surface area contributed by atoms with Gasteiger partial charge in [0.15, 0.2) is 11.6 Å². The lowest BCUT2D eigenvalue weighted by Crippen LogP contribution is -2.43. The summed E-state index contributed by atoms with van der Waals surface area (Å²) in [6.07, 6.45) is 5.42. The number of amides is 1. The molecule has 1 aliphatic rings. The Morgan fingerprint density at radius 2 is 2.07 bits per heavy atom. The SMILES string of the molecule is COc1cccc(CNC(=O)C2CCCN(c3ccc(-n4ccnc4C)nn3)C2)c1. The van der Waals surface area contributed by atoms with Gasteiger partial charge in [0.2, 0.25) is 5.91 Å². The lowest BCUT2D eigenvalue weighted by molar-refractivity contribution is -0.125. The van der Waals surface area contributed by atoms with E-state index >= 15 is 0 Å². The van der Waals surface area contributed by atoms with Crippen LogP contribution >= 0.6 is 0 Å². The summed E-state index contributed by atoms with van der Waals surface area (Å²) in [4.78, 5) is 19.1. The Balaban J connectivity index is 1.36. The fourth-order valence-electron chi connectivity index (χ4n) is 3.75. The molecular weight excluding hydrogens is 380 g/mol. The first-order valence-electron chi connectivity index (χ1n) is 10.1. The van der Waals surface area contributed by atoms with Gasteiger partial charge in [0, 0.05) is 32.0 Å². The number of anilines is 1. The van der Waals surface area contributed by atoms with E-state index < -0.39 is 0 Å². The van der Waals surface area contributed by atoms with E-state index in [-0.39, 0.29) is 11.8 Å². The molecule has 0 bridgehead atoms. The van der Waals surface area contributed by atoms with Crippen LogP contribution in [0.1, 0.15) is 24.2 Å². The van der Waals surface area contributed by atoms with Gasteiger partial charge in [0.1, 0.15) is 11.6 Å². The third-order valence-corrected chi connectivity index (χ3v) is 5.43. The maximum absolute atomic E-state index is 12.7. The van der Waals surface area contributed by atoms with Crippen LogP contribution < -0.4 is 15.0 Å². The molecule has 4 rings (SSSR count). The molecule has 1 aliphatic heterocycles. The Hall–Kier alpha value is -3.42. The summed E-state index contributed by atoms with van der Waals surface area (Å²) < 4.78 is 7.13. The first-order valence-corrected chi connectivity index (χ1v) is 10.1. The molecule has 1 saturated heterocycles. The van der Waals surface area contributed by atoms with E-state index in [1.807, 2.05) is 54.1 Å². The van der Waals surface area contributed by atoms with Crippen molar-refractivity contribution in [3.05, 3.63) is 60.2 Å². The number of piperidine rings is 1. The maximum Gasteiger partial charge on any atom is 0.225 e. The standard InChI is InChI=1S/C22H26N6O2/c1-16-23-10-12-28(16)21-9-8-20(25-26-21)27-11-4-6-18(15-27)22(29)24-14-17-5-3-7-19(13-17)30-2/h3,5,7-10,12-13,18H,4,6,11,14-15H2,1-2H3,(H,24,29). The van der Waals surface area contributed by atoms with Crippen LogP contribution in [-0.2, 0) is 11.3 Å². The minimum atomic E-state index is -0.0678. The van der Waals surface area contributed by atoms with Gasteiger partial charge in [-0.1, -0.05) is 12.1 Å². The number of aromatic nitrogens is 4. The quantitative estimate of drug-likeness (QED) is 0.677. The molecule has 1 fully saturated rings. The van der Waals surface area contributed by atoms with Crippen molar-refractivity contribution in [3.63, 3.8) is 0 Å². The molecule has 8 heteroatoms. The molecular formula is C22H26N6O2. The Kier molecular flexibility index (Phi) is 5.92. The van der Waals surface area contributed by atoms with E-state index in [4.69, 9.17) is 4.74 Å². The molecule has 1 aromatic carbocycles. The molecule has 0 radical (unpaired) electrons. The van der Waals surface area contributed by atoms with Gasteiger partial charge in [-0.15, -0.1) is 10.2 Å². The van der Waals surface area contributed by atoms with Crippen molar-refractivity contribution in [2.75, 3.05) is 25.1 Å². The molecule has 30 heavy (non-hydrogen) atoms. The normalized spacial score (nSPS) is 16.3. The van der Waals surface area contributed by atoms with Crippen LogP contribution in [0.5, 0.6) is 5.75 Å². The highest BCUT2D eigenvalue weighted by Gasteiger charge is 2.26. The van der Waals surface area contributed by atoms with Crippen molar-refractivity contribution < 1.29 is 9.53 Å². The van der Waals surface area contributed by atoms with E-state index in [2.05, 4.69) is 25.4 Å². The van der Waals surface area contributed by atoms with Crippen molar-refractivity contribution in [2.45, 2.75) is 26.3 Å². The summed E-state index contributed by atoms with van der Waals surface area (Å²) in [6, 6.07) is 11.6. The zero-order valence-corrected chi connectivity index (χ0v) is 17.3. The number of rotatable bonds is 6. The minimum Gasteiger partial charge on any atom is -0.497 e. The fourth-order valence-corrected chi connectivity index (χ4v) is 3.75. The van der Waals surface area contributed by atoms with E-state index in [0.717, 1.165) is 48.2 Å². The molecule has 1 unspecified atom stereocenters. The van der Waals surface area contributed by atoms with Crippen molar-refractivity contribution in [2.24, 2.45) is 5.92 Å². The molecule has 8 nitrogen and oxygen atoms in total. The predicted octanol–water partition coefficient (Wildman–Crippen LogP) is 2.51. The lowest BCUT2D eigenvalue weighted by Gasteiger charge is -2.32. The van der Waals surface area contributed by atoms with Crippen molar-refractivity contribution in [1.82, 2.24) is 25.1 Å².